The summed E-state index contributed by atoms with van der Waals surface area (Å²) in [6.07, 6.45) is 18.2. The Morgan fingerprint density at radius 1 is 0.500 bits per heavy atom. The van der Waals surface area contributed by atoms with E-state index < -0.39 is 0 Å². The molecule has 0 saturated carbocycles. The minimum atomic E-state index is 0.114. The Kier molecular flexibility index (Phi) is 9.49. The van der Waals surface area contributed by atoms with Crippen LogP contribution in [0.5, 0.6) is 0 Å². The van der Waals surface area contributed by atoms with Crippen LogP contribution in [0.4, 0.5) is 11.4 Å². The Bertz CT molecular complexity index is 3370. The molecule has 1 heterocycles. The number of allylic oxidation sites excluding steroid dienone is 9. The normalized spacial score (nSPS) is 16.5. The molecule has 0 radical (unpaired) electrons. The number of aromatic nitrogens is 1. The number of para-hydroxylation sites is 2. The van der Waals surface area contributed by atoms with Gasteiger partial charge in [0.25, 0.3) is 0 Å². The lowest BCUT2D eigenvalue weighted by Crippen LogP contribution is -2.22. The number of nitrogens with zero attached hydrogens (tertiary/aromatic N) is 2. The number of hydrogen-bond donors (Lipinski definition) is 0. The van der Waals surface area contributed by atoms with Crippen molar-refractivity contribution >= 4 is 44.7 Å². The first kappa shape index (κ1) is 37.8. The smallest absolute Gasteiger partial charge is 0.0537 e. The van der Waals surface area contributed by atoms with Crippen molar-refractivity contribution in [2.75, 3.05) is 4.90 Å². The highest BCUT2D eigenvalue weighted by Gasteiger charge is 2.36. The Morgan fingerprint density at radius 3 is 2.02 bits per heavy atom. The molecule has 0 spiro atoms. The highest BCUT2D eigenvalue weighted by Crippen LogP contribution is 2.50. The third-order valence-electron chi connectivity index (χ3n) is 13.5. The summed E-state index contributed by atoms with van der Waals surface area (Å²) in [4.78, 5) is 2.51. The molecule has 3 aliphatic carbocycles. The van der Waals surface area contributed by atoms with Gasteiger partial charge in [-0.1, -0.05) is 188 Å². The summed E-state index contributed by atoms with van der Waals surface area (Å²) in [5.41, 5.74) is 19.0. The van der Waals surface area contributed by atoms with Crippen molar-refractivity contribution in [3.8, 4) is 27.9 Å². The van der Waals surface area contributed by atoms with Gasteiger partial charge in [-0.15, -0.1) is 0 Å². The van der Waals surface area contributed by atoms with E-state index in [1.54, 1.807) is 0 Å². The molecule has 3 aliphatic rings. The SMILES string of the molecule is C1=CC2=Cc3c(c4ccccc4n3-c3ccccc3)C(c3cccc(N(C4=CC=C(c5ccccc5-c5ccccc5)CC4)c4ccc(-c5cccc6ccccc56)cc4)c3)C2C=C1. The Labute approximate surface area is 375 Å². The fraction of sp³-hybridized carbons (Fsp3) is 0.0645. The van der Waals surface area contributed by atoms with Gasteiger partial charge in [0.05, 0.1) is 11.2 Å². The molecule has 0 aliphatic heterocycles. The van der Waals surface area contributed by atoms with E-state index in [2.05, 4.69) is 252 Å². The van der Waals surface area contributed by atoms with Crippen molar-refractivity contribution in [3.05, 3.63) is 270 Å². The second kappa shape index (κ2) is 16.1. The molecular formula is C62H46N2. The fourth-order valence-electron chi connectivity index (χ4n) is 10.6. The third kappa shape index (κ3) is 6.58. The predicted octanol–water partition coefficient (Wildman–Crippen LogP) is 16.3. The van der Waals surface area contributed by atoms with Gasteiger partial charge in [0.15, 0.2) is 0 Å². The first-order valence-corrected chi connectivity index (χ1v) is 22.5. The van der Waals surface area contributed by atoms with E-state index in [0.29, 0.717) is 0 Å². The van der Waals surface area contributed by atoms with Gasteiger partial charge < -0.3 is 9.47 Å². The Morgan fingerprint density at radius 2 is 1.19 bits per heavy atom. The van der Waals surface area contributed by atoms with Crippen molar-refractivity contribution in [2.24, 2.45) is 5.92 Å². The number of hydrogen-bond acceptors (Lipinski definition) is 1. The van der Waals surface area contributed by atoms with Gasteiger partial charge in [-0.2, -0.15) is 0 Å². The average Bonchev–Trinajstić information content (AvgIpc) is 3.70. The molecular weight excluding hydrogens is 773 g/mol. The molecule has 0 N–H and O–H groups in total. The van der Waals surface area contributed by atoms with Crippen molar-refractivity contribution in [2.45, 2.75) is 18.8 Å². The van der Waals surface area contributed by atoms with Gasteiger partial charge in [0.1, 0.15) is 0 Å². The Hall–Kier alpha value is -7.94. The molecule has 1 aromatic heterocycles. The minimum Gasteiger partial charge on any atom is -0.314 e. The number of benzene rings is 8. The second-order valence-electron chi connectivity index (χ2n) is 17.1. The number of rotatable bonds is 8. The van der Waals surface area contributed by atoms with E-state index in [0.717, 1.165) is 18.5 Å². The topological polar surface area (TPSA) is 8.17 Å². The molecule has 0 bridgehead atoms. The number of fused-ring (bicyclic) bond motifs is 5. The standard InChI is InChI=1S/C62H46N2/c1-3-17-43(18-4-1)53-27-11-12-28-55(53)45-33-37-50(38-34-45)63(51-39-35-46(36-40-51)56-31-16-21-44-19-7-9-26-54(44)56)52-25-15-22-48(41-52)61-57-29-10-8-20-47(57)42-60-62(61)58-30-13-14-32-59(58)64(60)49-23-5-2-6-24-49/h1-33,35-37,39-42,57,61H,34,38H2. The van der Waals surface area contributed by atoms with E-state index in [1.165, 1.54) is 94.5 Å². The predicted molar refractivity (Wildman–Crippen MR) is 270 cm³/mol. The van der Waals surface area contributed by atoms with Crippen LogP contribution in [0.2, 0.25) is 0 Å². The van der Waals surface area contributed by atoms with E-state index in [1.807, 2.05) is 0 Å². The van der Waals surface area contributed by atoms with Crippen LogP contribution in [-0.2, 0) is 0 Å². The monoisotopic (exact) mass is 818 g/mol. The molecule has 2 unspecified atom stereocenters. The fourth-order valence-corrected chi connectivity index (χ4v) is 10.6. The van der Waals surface area contributed by atoms with Crippen molar-refractivity contribution < 1.29 is 0 Å². The quantitative estimate of drug-likeness (QED) is 0.148. The van der Waals surface area contributed by atoms with Crippen LogP contribution < -0.4 is 4.90 Å². The van der Waals surface area contributed by atoms with Crippen LogP contribution in [0, 0.1) is 5.92 Å². The van der Waals surface area contributed by atoms with Crippen molar-refractivity contribution in [1.29, 1.82) is 0 Å². The van der Waals surface area contributed by atoms with E-state index >= 15 is 0 Å². The lowest BCUT2D eigenvalue weighted by Gasteiger charge is -2.34. The van der Waals surface area contributed by atoms with Crippen LogP contribution >= 0.6 is 0 Å². The van der Waals surface area contributed by atoms with E-state index in [-0.39, 0.29) is 11.8 Å². The molecule has 9 aromatic rings. The first-order chi connectivity index (χ1) is 31.8. The molecule has 0 amide bonds. The lowest BCUT2D eigenvalue weighted by molar-refractivity contribution is 0.653. The molecule has 0 saturated heterocycles. The summed E-state index contributed by atoms with van der Waals surface area (Å²) in [7, 11) is 0. The zero-order valence-corrected chi connectivity index (χ0v) is 35.6. The molecule has 64 heavy (non-hydrogen) atoms. The van der Waals surface area contributed by atoms with Crippen molar-refractivity contribution in [3.63, 3.8) is 0 Å². The van der Waals surface area contributed by atoms with Crippen LogP contribution in [-0.4, -0.2) is 4.57 Å². The highest BCUT2D eigenvalue weighted by atomic mass is 15.1. The van der Waals surface area contributed by atoms with E-state index in [4.69, 9.17) is 0 Å². The average molecular weight is 819 g/mol. The zero-order valence-electron chi connectivity index (χ0n) is 35.6. The van der Waals surface area contributed by atoms with Crippen LogP contribution in [0.3, 0.4) is 0 Å². The largest absolute Gasteiger partial charge is 0.314 e. The maximum Gasteiger partial charge on any atom is 0.0537 e. The summed E-state index contributed by atoms with van der Waals surface area (Å²) in [6.45, 7) is 0. The number of anilines is 2. The maximum atomic E-state index is 2.51. The van der Waals surface area contributed by atoms with E-state index in [9.17, 15) is 0 Å². The maximum absolute atomic E-state index is 2.51. The van der Waals surface area contributed by atoms with Gasteiger partial charge >= 0.3 is 0 Å². The summed E-state index contributed by atoms with van der Waals surface area (Å²) < 4.78 is 2.47. The van der Waals surface area contributed by atoms with Gasteiger partial charge in [-0.3, -0.25) is 0 Å². The van der Waals surface area contributed by atoms with Crippen LogP contribution in [0.25, 0.3) is 61.3 Å². The molecule has 2 atom stereocenters. The highest BCUT2D eigenvalue weighted by molar-refractivity contribution is 5.97. The minimum absolute atomic E-state index is 0.114. The summed E-state index contributed by atoms with van der Waals surface area (Å²) >= 11 is 0. The lowest BCUT2D eigenvalue weighted by atomic mass is 9.71. The van der Waals surface area contributed by atoms with Gasteiger partial charge in [-0.05, 0) is 128 Å². The molecule has 8 aromatic carbocycles. The van der Waals surface area contributed by atoms with Gasteiger partial charge in [-0.25, -0.2) is 0 Å². The molecule has 0 fully saturated rings. The summed E-state index contributed by atoms with van der Waals surface area (Å²) in [5, 5.41) is 3.83. The van der Waals surface area contributed by atoms with Gasteiger partial charge in [0, 0.05) is 40.0 Å². The molecule has 12 rings (SSSR count). The summed E-state index contributed by atoms with van der Waals surface area (Å²) in [5.74, 6) is 0.322. The molecule has 304 valence electrons. The molecule has 2 heteroatoms. The second-order valence-corrected chi connectivity index (χ2v) is 17.1. The Balaban J connectivity index is 1.00. The first-order valence-electron chi connectivity index (χ1n) is 22.5. The van der Waals surface area contributed by atoms with Crippen LogP contribution in [0.1, 0.15) is 41.1 Å². The zero-order chi connectivity index (χ0) is 42.4. The van der Waals surface area contributed by atoms with Gasteiger partial charge in [0.2, 0.25) is 0 Å². The summed E-state index contributed by atoms with van der Waals surface area (Å²) in [6, 6.07) is 73.4. The molecule has 2 nitrogen and oxygen atoms in total. The van der Waals surface area contributed by atoms with Crippen molar-refractivity contribution in [1.82, 2.24) is 4.57 Å². The third-order valence-corrected chi connectivity index (χ3v) is 13.5. The van der Waals surface area contributed by atoms with Crippen LogP contribution in [0.15, 0.2) is 248 Å².